The van der Waals surface area contributed by atoms with Gasteiger partial charge in [0.15, 0.2) is 6.29 Å². The van der Waals surface area contributed by atoms with Crippen LogP contribution in [0, 0.1) is 0 Å². The highest BCUT2D eigenvalue weighted by molar-refractivity contribution is 7.99. The van der Waals surface area contributed by atoms with Crippen LogP contribution in [0.1, 0.15) is 10.4 Å². The Labute approximate surface area is 115 Å². The monoisotopic (exact) mass is 265 g/mol. The van der Waals surface area contributed by atoms with E-state index in [1.807, 2.05) is 18.2 Å². The number of aldehydes is 1. The fourth-order valence-electron chi connectivity index (χ4n) is 1.87. The van der Waals surface area contributed by atoms with Gasteiger partial charge in [-0.1, -0.05) is 42.1 Å². The number of hydrogen-bond donors (Lipinski definition) is 0. The summed E-state index contributed by atoms with van der Waals surface area (Å²) in [5, 5.41) is 3.34. The van der Waals surface area contributed by atoms with Crippen molar-refractivity contribution < 1.29 is 4.79 Å². The van der Waals surface area contributed by atoms with E-state index in [-0.39, 0.29) is 0 Å². The normalized spacial score (nSPS) is 10.5. The van der Waals surface area contributed by atoms with Gasteiger partial charge in [-0.05, 0) is 35.0 Å². The molecule has 2 aromatic carbocycles. The van der Waals surface area contributed by atoms with E-state index in [1.165, 1.54) is 10.8 Å². The molecule has 0 aliphatic heterocycles. The number of fused-ring (bicyclic) bond motifs is 1. The minimum absolute atomic E-state index is 0.600. The molecule has 1 heterocycles. The number of carbonyl (C=O) groups is 1. The Hall–Kier alpha value is -2.13. The first kappa shape index (κ1) is 11.9. The van der Waals surface area contributed by atoms with Gasteiger partial charge >= 0.3 is 0 Å². The molecule has 0 radical (unpaired) electrons. The molecule has 0 N–H and O–H groups in total. The Morgan fingerprint density at radius 3 is 2.53 bits per heavy atom. The van der Waals surface area contributed by atoms with Gasteiger partial charge < -0.3 is 0 Å². The maximum atomic E-state index is 10.6. The number of aromatic nitrogens is 1. The lowest BCUT2D eigenvalue weighted by Crippen LogP contribution is -1.84. The van der Waals surface area contributed by atoms with Gasteiger partial charge in [0.2, 0.25) is 0 Å². The Balaban J connectivity index is 1.89. The third-order valence-electron chi connectivity index (χ3n) is 2.84. The third kappa shape index (κ3) is 2.66. The topological polar surface area (TPSA) is 30.0 Å². The summed E-state index contributed by atoms with van der Waals surface area (Å²) in [5.74, 6) is 0. The summed E-state index contributed by atoms with van der Waals surface area (Å²) >= 11 is 1.59. The van der Waals surface area contributed by atoms with Crippen molar-refractivity contribution in [1.82, 2.24) is 4.98 Å². The fraction of sp³-hybridized carbons (Fsp3) is 0. The van der Waals surface area contributed by atoms with Gasteiger partial charge in [0, 0.05) is 16.7 Å². The van der Waals surface area contributed by atoms with Crippen LogP contribution in [-0.4, -0.2) is 11.3 Å². The van der Waals surface area contributed by atoms with Crippen LogP contribution in [0.25, 0.3) is 10.8 Å². The maximum Gasteiger partial charge on any atom is 0.151 e. The fourth-order valence-corrected chi connectivity index (χ4v) is 2.68. The van der Waals surface area contributed by atoms with Crippen molar-refractivity contribution in [3.63, 3.8) is 0 Å². The molecule has 0 saturated carbocycles. The van der Waals surface area contributed by atoms with Crippen LogP contribution in [-0.2, 0) is 0 Å². The predicted molar refractivity (Wildman–Crippen MR) is 77.7 cm³/mol. The summed E-state index contributed by atoms with van der Waals surface area (Å²) < 4.78 is 0. The lowest BCUT2D eigenvalue weighted by atomic mass is 10.1. The molecule has 0 unspecified atom stereocenters. The van der Waals surface area contributed by atoms with Gasteiger partial charge in [-0.2, -0.15) is 0 Å². The Morgan fingerprint density at radius 1 is 0.947 bits per heavy atom. The molecule has 3 rings (SSSR count). The first-order valence-corrected chi connectivity index (χ1v) is 6.75. The smallest absolute Gasteiger partial charge is 0.151 e. The molecule has 0 atom stereocenters. The van der Waals surface area contributed by atoms with Gasteiger partial charge in [-0.15, -0.1) is 0 Å². The summed E-state index contributed by atoms with van der Waals surface area (Å²) in [4.78, 5) is 16.0. The summed E-state index contributed by atoms with van der Waals surface area (Å²) in [6, 6.07) is 18.3. The minimum Gasteiger partial charge on any atom is -0.298 e. The number of rotatable bonds is 3. The van der Waals surface area contributed by atoms with E-state index in [2.05, 4.69) is 35.3 Å². The number of nitrogens with zero attached hydrogens (tertiary/aromatic N) is 1. The summed E-state index contributed by atoms with van der Waals surface area (Å²) in [6.07, 6.45) is 2.40. The Bertz CT molecular complexity index is 722. The minimum atomic E-state index is 0.600. The molecule has 0 aliphatic carbocycles. The van der Waals surface area contributed by atoms with Crippen molar-refractivity contribution >= 4 is 28.8 Å². The van der Waals surface area contributed by atoms with E-state index in [0.29, 0.717) is 5.56 Å². The van der Waals surface area contributed by atoms with E-state index in [1.54, 1.807) is 24.0 Å². The number of pyridine rings is 1. The zero-order chi connectivity index (χ0) is 13.1. The molecule has 2 nitrogen and oxygen atoms in total. The summed E-state index contributed by atoms with van der Waals surface area (Å²) in [6.45, 7) is 0. The van der Waals surface area contributed by atoms with Gasteiger partial charge in [0.1, 0.15) is 5.03 Å². The molecule has 19 heavy (non-hydrogen) atoms. The second kappa shape index (κ2) is 5.24. The average molecular weight is 265 g/mol. The van der Waals surface area contributed by atoms with Crippen LogP contribution in [0.3, 0.4) is 0 Å². The largest absolute Gasteiger partial charge is 0.298 e. The maximum absolute atomic E-state index is 10.6. The van der Waals surface area contributed by atoms with Crippen LogP contribution in [0.4, 0.5) is 0 Å². The van der Waals surface area contributed by atoms with E-state index >= 15 is 0 Å². The molecule has 0 amide bonds. The van der Waals surface area contributed by atoms with Gasteiger partial charge in [-0.25, -0.2) is 4.98 Å². The standard InChI is InChI=1S/C16H11NOS/c18-11-12-5-8-16(17-10-12)19-15-7-6-13-3-1-2-4-14(13)9-15/h1-11H. The molecule has 0 aliphatic rings. The van der Waals surface area contributed by atoms with Crippen LogP contribution < -0.4 is 0 Å². The molecule has 0 saturated heterocycles. The highest BCUT2D eigenvalue weighted by atomic mass is 32.2. The van der Waals surface area contributed by atoms with Crippen molar-refractivity contribution in [3.05, 3.63) is 66.4 Å². The van der Waals surface area contributed by atoms with Crippen molar-refractivity contribution in [2.45, 2.75) is 9.92 Å². The van der Waals surface area contributed by atoms with Crippen LogP contribution in [0.2, 0.25) is 0 Å². The molecule has 0 fully saturated rings. The highest BCUT2D eigenvalue weighted by Gasteiger charge is 2.00. The van der Waals surface area contributed by atoms with Crippen LogP contribution >= 0.6 is 11.8 Å². The van der Waals surface area contributed by atoms with E-state index in [4.69, 9.17) is 0 Å². The molecular weight excluding hydrogens is 254 g/mol. The van der Waals surface area contributed by atoms with Crippen molar-refractivity contribution in [3.8, 4) is 0 Å². The third-order valence-corrected chi connectivity index (χ3v) is 3.78. The second-order valence-electron chi connectivity index (χ2n) is 4.16. The average Bonchev–Trinajstić information content (AvgIpc) is 2.48. The highest BCUT2D eigenvalue weighted by Crippen LogP contribution is 2.28. The van der Waals surface area contributed by atoms with Crippen LogP contribution in [0.15, 0.2) is 70.7 Å². The quantitative estimate of drug-likeness (QED) is 0.665. The Morgan fingerprint density at radius 2 is 1.79 bits per heavy atom. The zero-order valence-electron chi connectivity index (χ0n) is 10.1. The molecule has 0 spiro atoms. The van der Waals surface area contributed by atoms with E-state index in [9.17, 15) is 4.79 Å². The summed E-state index contributed by atoms with van der Waals surface area (Å²) in [5.41, 5.74) is 0.600. The number of benzene rings is 2. The zero-order valence-corrected chi connectivity index (χ0v) is 10.9. The van der Waals surface area contributed by atoms with Gasteiger partial charge in [0.25, 0.3) is 0 Å². The van der Waals surface area contributed by atoms with Gasteiger partial charge in [-0.3, -0.25) is 4.79 Å². The lowest BCUT2D eigenvalue weighted by molar-refractivity contribution is 0.112. The van der Waals surface area contributed by atoms with Crippen molar-refractivity contribution in [2.75, 3.05) is 0 Å². The van der Waals surface area contributed by atoms with E-state index in [0.717, 1.165) is 16.2 Å². The number of hydrogen-bond acceptors (Lipinski definition) is 3. The molecular formula is C16H11NOS. The number of carbonyl (C=O) groups excluding carboxylic acids is 1. The van der Waals surface area contributed by atoms with Crippen molar-refractivity contribution in [1.29, 1.82) is 0 Å². The molecule has 1 aromatic heterocycles. The molecule has 0 bridgehead atoms. The lowest BCUT2D eigenvalue weighted by Gasteiger charge is -2.03. The first-order valence-electron chi connectivity index (χ1n) is 5.93. The predicted octanol–water partition coefficient (Wildman–Crippen LogP) is 4.20. The molecule has 3 heteroatoms. The molecule has 92 valence electrons. The molecule has 3 aromatic rings. The van der Waals surface area contributed by atoms with Gasteiger partial charge in [0.05, 0.1) is 0 Å². The van der Waals surface area contributed by atoms with Crippen molar-refractivity contribution in [2.24, 2.45) is 0 Å². The van der Waals surface area contributed by atoms with Crippen LogP contribution in [0.5, 0.6) is 0 Å². The summed E-state index contributed by atoms with van der Waals surface area (Å²) in [7, 11) is 0. The Kier molecular flexibility index (Phi) is 3.29. The van der Waals surface area contributed by atoms with E-state index < -0.39 is 0 Å². The SMILES string of the molecule is O=Cc1ccc(Sc2ccc3ccccc3c2)nc1. The first-order chi connectivity index (χ1) is 9.35. The second-order valence-corrected chi connectivity index (χ2v) is 5.25.